The minimum Gasteiger partial charge on any atom is -0.463 e. The second kappa shape index (κ2) is 7.13. The average molecular weight is 335 g/mol. The van der Waals surface area contributed by atoms with Crippen LogP contribution in [0.3, 0.4) is 0 Å². The maximum Gasteiger partial charge on any atom is 0.374 e. The number of hydrogen-bond acceptors (Lipinski definition) is 4. The van der Waals surface area contributed by atoms with Crippen molar-refractivity contribution in [3.8, 4) is 0 Å². The summed E-state index contributed by atoms with van der Waals surface area (Å²) in [6.45, 7) is 0.502. The monoisotopic (exact) mass is 335 g/mol. The molecule has 0 amide bonds. The number of carbonyl (C=O) groups is 3. The van der Waals surface area contributed by atoms with E-state index in [1.54, 1.807) is 6.07 Å². The number of ether oxygens (including phenoxy) is 1. The molecular weight excluding hydrogens is 318 g/mol. The highest BCUT2D eigenvalue weighted by atomic mass is 16.5. The van der Waals surface area contributed by atoms with E-state index in [9.17, 15) is 14.4 Å². The molecule has 0 aliphatic carbocycles. The standard InChI is InChI=1S/C20H17NO4/c1-25-20(24)19(23)12-18(22)17-11-15-9-5-6-10-16(15)21(17)13-14-7-3-2-4-8-14/h2-11H,12-13H2,1H3. The molecule has 126 valence electrons. The van der Waals surface area contributed by atoms with E-state index in [1.807, 2.05) is 59.2 Å². The molecule has 0 bridgehead atoms. The van der Waals surface area contributed by atoms with E-state index in [0.717, 1.165) is 23.6 Å². The third-order valence-corrected chi connectivity index (χ3v) is 4.01. The fraction of sp³-hybridized carbons (Fsp3) is 0.150. The van der Waals surface area contributed by atoms with E-state index in [-0.39, 0.29) is 0 Å². The predicted octanol–water partition coefficient (Wildman–Crippen LogP) is 3.00. The zero-order valence-corrected chi connectivity index (χ0v) is 13.8. The average Bonchev–Trinajstić information content (AvgIpc) is 3.00. The SMILES string of the molecule is COC(=O)C(=O)CC(=O)c1cc2ccccc2n1Cc1ccccc1. The third-order valence-electron chi connectivity index (χ3n) is 4.01. The third kappa shape index (κ3) is 3.50. The van der Waals surface area contributed by atoms with Crippen molar-refractivity contribution in [1.29, 1.82) is 0 Å². The predicted molar refractivity (Wildman–Crippen MR) is 93.5 cm³/mol. The first-order chi connectivity index (χ1) is 12.1. The van der Waals surface area contributed by atoms with Crippen LogP contribution in [-0.2, 0) is 20.9 Å². The van der Waals surface area contributed by atoms with Gasteiger partial charge < -0.3 is 9.30 Å². The Morgan fingerprint density at radius 3 is 2.36 bits per heavy atom. The number of nitrogens with zero attached hydrogens (tertiary/aromatic N) is 1. The number of rotatable bonds is 6. The number of fused-ring (bicyclic) bond motifs is 1. The van der Waals surface area contributed by atoms with Gasteiger partial charge in [-0.2, -0.15) is 0 Å². The first-order valence-corrected chi connectivity index (χ1v) is 7.86. The molecule has 0 fully saturated rings. The van der Waals surface area contributed by atoms with E-state index in [0.29, 0.717) is 12.2 Å². The molecule has 0 saturated heterocycles. The Bertz CT molecular complexity index is 941. The van der Waals surface area contributed by atoms with Crippen LogP contribution in [-0.4, -0.2) is 29.2 Å². The van der Waals surface area contributed by atoms with Crippen molar-refractivity contribution < 1.29 is 19.1 Å². The van der Waals surface area contributed by atoms with Crippen LogP contribution < -0.4 is 0 Å². The Hall–Kier alpha value is -3.21. The summed E-state index contributed by atoms with van der Waals surface area (Å²) in [6.07, 6.45) is -0.502. The first kappa shape index (κ1) is 16.6. The number of methoxy groups -OCH3 is 1. The largest absolute Gasteiger partial charge is 0.463 e. The van der Waals surface area contributed by atoms with Gasteiger partial charge in [0.25, 0.3) is 0 Å². The van der Waals surface area contributed by atoms with Gasteiger partial charge >= 0.3 is 5.97 Å². The van der Waals surface area contributed by atoms with Crippen LogP contribution in [0.1, 0.15) is 22.5 Å². The molecule has 2 aromatic carbocycles. The van der Waals surface area contributed by atoms with Crippen molar-refractivity contribution in [3.63, 3.8) is 0 Å². The van der Waals surface area contributed by atoms with Gasteiger partial charge in [0.2, 0.25) is 5.78 Å². The zero-order chi connectivity index (χ0) is 17.8. The van der Waals surface area contributed by atoms with Crippen molar-refractivity contribution in [2.45, 2.75) is 13.0 Å². The van der Waals surface area contributed by atoms with Crippen LogP contribution in [0.4, 0.5) is 0 Å². The van der Waals surface area contributed by atoms with Crippen LogP contribution >= 0.6 is 0 Å². The van der Waals surface area contributed by atoms with Crippen molar-refractivity contribution in [2.24, 2.45) is 0 Å². The minimum absolute atomic E-state index is 0.400. The smallest absolute Gasteiger partial charge is 0.374 e. The van der Waals surface area contributed by atoms with Gasteiger partial charge in [0, 0.05) is 17.4 Å². The van der Waals surface area contributed by atoms with Crippen LogP contribution in [0, 0.1) is 0 Å². The fourth-order valence-corrected chi connectivity index (χ4v) is 2.80. The molecule has 1 heterocycles. The molecule has 0 unspecified atom stereocenters. The van der Waals surface area contributed by atoms with Crippen molar-refractivity contribution >= 4 is 28.4 Å². The molecular formula is C20H17NO4. The number of Topliss-reactive ketones (excluding diaryl/α,β-unsaturated/α-hetero) is 2. The Morgan fingerprint density at radius 1 is 0.960 bits per heavy atom. The van der Waals surface area contributed by atoms with Gasteiger partial charge in [0.1, 0.15) is 0 Å². The lowest BCUT2D eigenvalue weighted by Gasteiger charge is -2.10. The number of esters is 1. The lowest BCUT2D eigenvalue weighted by atomic mass is 10.1. The number of carbonyl (C=O) groups excluding carboxylic acids is 3. The van der Waals surface area contributed by atoms with Crippen LogP contribution in [0.5, 0.6) is 0 Å². The number of benzene rings is 2. The van der Waals surface area contributed by atoms with Crippen LogP contribution in [0.15, 0.2) is 60.7 Å². The summed E-state index contributed by atoms with van der Waals surface area (Å²) in [5, 5.41) is 0.910. The summed E-state index contributed by atoms with van der Waals surface area (Å²) in [5.41, 5.74) is 2.35. The lowest BCUT2D eigenvalue weighted by Crippen LogP contribution is -2.21. The summed E-state index contributed by atoms with van der Waals surface area (Å²) in [4.78, 5) is 35.6. The molecule has 0 saturated carbocycles. The van der Waals surface area contributed by atoms with E-state index in [4.69, 9.17) is 0 Å². The number of para-hydroxylation sites is 1. The maximum atomic E-state index is 12.6. The highest BCUT2D eigenvalue weighted by Gasteiger charge is 2.22. The Labute approximate surface area is 144 Å². The molecule has 0 radical (unpaired) electrons. The maximum absolute atomic E-state index is 12.6. The molecule has 25 heavy (non-hydrogen) atoms. The van der Waals surface area contributed by atoms with Gasteiger partial charge in [-0.3, -0.25) is 9.59 Å². The molecule has 0 spiro atoms. The quantitative estimate of drug-likeness (QED) is 0.301. The number of hydrogen-bond donors (Lipinski definition) is 0. The van der Waals surface area contributed by atoms with Crippen LogP contribution in [0.2, 0.25) is 0 Å². The van der Waals surface area contributed by atoms with Crippen molar-refractivity contribution in [1.82, 2.24) is 4.57 Å². The summed E-state index contributed by atoms with van der Waals surface area (Å²) >= 11 is 0. The lowest BCUT2D eigenvalue weighted by molar-refractivity contribution is -0.151. The van der Waals surface area contributed by atoms with Crippen molar-refractivity contribution in [3.05, 3.63) is 71.9 Å². The van der Waals surface area contributed by atoms with Gasteiger partial charge in [0.05, 0.1) is 19.2 Å². The molecule has 0 aliphatic rings. The molecule has 3 rings (SSSR count). The van der Waals surface area contributed by atoms with Crippen LogP contribution in [0.25, 0.3) is 10.9 Å². The molecule has 5 nitrogen and oxygen atoms in total. The minimum atomic E-state index is -1.00. The second-order valence-electron chi connectivity index (χ2n) is 5.67. The van der Waals surface area contributed by atoms with E-state index < -0.39 is 24.0 Å². The van der Waals surface area contributed by atoms with E-state index >= 15 is 0 Å². The number of ketones is 2. The molecule has 0 atom stereocenters. The second-order valence-corrected chi connectivity index (χ2v) is 5.67. The summed E-state index contributed by atoms with van der Waals surface area (Å²) in [7, 11) is 1.12. The van der Waals surface area contributed by atoms with Gasteiger partial charge in [0.15, 0.2) is 5.78 Å². The molecule has 5 heteroatoms. The molecule has 3 aromatic rings. The topological polar surface area (TPSA) is 65.4 Å². The first-order valence-electron chi connectivity index (χ1n) is 7.86. The zero-order valence-electron chi connectivity index (χ0n) is 13.8. The highest BCUT2D eigenvalue weighted by molar-refractivity contribution is 6.38. The Morgan fingerprint density at radius 2 is 1.64 bits per heavy atom. The number of aromatic nitrogens is 1. The van der Waals surface area contributed by atoms with Gasteiger partial charge in [-0.1, -0.05) is 48.5 Å². The van der Waals surface area contributed by atoms with Gasteiger partial charge in [-0.25, -0.2) is 4.79 Å². The summed E-state index contributed by atoms with van der Waals surface area (Å²) < 4.78 is 6.26. The summed E-state index contributed by atoms with van der Waals surface area (Å²) in [6, 6.07) is 19.1. The molecule has 1 aromatic heterocycles. The van der Waals surface area contributed by atoms with Gasteiger partial charge in [-0.15, -0.1) is 0 Å². The van der Waals surface area contributed by atoms with E-state index in [1.165, 1.54) is 0 Å². The van der Waals surface area contributed by atoms with Crippen molar-refractivity contribution in [2.75, 3.05) is 7.11 Å². The molecule has 0 N–H and O–H groups in total. The molecule has 0 aliphatic heterocycles. The Kier molecular flexibility index (Phi) is 4.75. The van der Waals surface area contributed by atoms with Gasteiger partial charge in [-0.05, 0) is 17.7 Å². The summed E-state index contributed by atoms with van der Waals surface area (Å²) in [5.74, 6) is -2.24. The normalized spacial score (nSPS) is 10.6. The highest BCUT2D eigenvalue weighted by Crippen LogP contribution is 2.22. The fourth-order valence-electron chi connectivity index (χ4n) is 2.80. The Balaban J connectivity index is 1.99. The van der Waals surface area contributed by atoms with E-state index in [2.05, 4.69) is 4.74 Å².